The van der Waals surface area contributed by atoms with Gasteiger partial charge in [-0.05, 0) is 121 Å². The van der Waals surface area contributed by atoms with Crippen molar-refractivity contribution < 1.29 is 8.85 Å². The summed E-state index contributed by atoms with van der Waals surface area (Å²) in [6.45, 7) is 38.1. The molecule has 38 heavy (non-hydrogen) atoms. The molecule has 0 amide bonds. The molecular weight excluding hydrogens is 497 g/mol. The molecule has 0 aliphatic heterocycles. The fourth-order valence-electron chi connectivity index (χ4n) is 8.19. The van der Waals surface area contributed by atoms with Crippen LogP contribution >= 0.6 is 0 Å². The lowest BCUT2D eigenvalue weighted by atomic mass is 9.48. The Morgan fingerprint density at radius 3 is 1.79 bits per heavy atom. The summed E-state index contributed by atoms with van der Waals surface area (Å²) in [6.07, 6.45) is 11.7. The van der Waals surface area contributed by atoms with Gasteiger partial charge in [-0.25, -0.2) is 0 Å². The molecule has 3 aliphatic carbocycles. The van der Waals surface area contributed by atoms with Crippen molar-refractivity contribution in [2.45, 2.75) is 144 Å². The maximum absolute atomic E-state index is 7.13. The molecular formula is C34H66O2Si2. The van der Waals surface area contributed by atoms with Crippen LogP contribution in [-0.4, -0.2) is 29.8 Å². The van der Waals surface area contributed by atoms with Crippen molar-refractivity contribution in [1.29, 1.82) is 0 Å². The fraction of sp³-hybridized carbons (Fsp3) is 0.941. The summed E-state index contributed by atoms with van der Waals surface area (Å²) in [7, 11) is -3.59. The predicted molar refractivity (Wildman–Crippen MR) is 172 cm³/mol. The first-order chi connectivity index (χ1) is 17.2. The largest absolute Gasteiger partial charge is 0.417 e. The van der Waals surface area contributed by atoms with E-state index in [0.717, 1.165) is 31.0 Å². The normalized spacial score (nSPS) is 39.2. The molecule has 3 unspecified atom stereocenters. The average molecular weight is 563 g/mol. The molecule has 3 rings (SSSR count). The van der Waals surface area contributed by atoms with Crippen molar-refractivity contribution >= 4 is 16.6 Å². The highest BCUT2D eigenvalue weighted by Gasteiger charge is 2.58. The van der Waals surface area contributed by atoms with Crippen LogP contribution in [0.1, 0.15) is 107 Å². The molecule has 3 saturated carbocycles. The number of allylic oxidation sites excluding steroid dienone is 1. The maximum Gasteiger partial charge on any atom is 0.191 e. The zero-order chi connectivity index (χ0) is 28.9. The zero-order valence-electron chi connectivity index (χ0n) is 27.9. The minimum atomic E-state index is -1.81. The molecule has 0 radical (unpaired) electrons. The molecule has 4 heteroatoms. The monoisotopic (exact) mass is 562 g/mol. The molecule has 0 N–H and O–H groups in total. The van der Waals surface area contributed by atoms with Gasteiger partial charge in [0, 0.05) is 13.2 Å². The second-order valence-electron chi connectivity index (χ2n) is 17.6. The zero-order valence-corrected chi connectivity index (χ0v) is 29.9. The molecule has 222 valence electrons. The van der Waals surface area contributed by atoms with Gasteiger partial charge in [0.25, 0.3) is 0 Å². The number of hydrogen-bond donors (Lipinski definition) is 0. The molecule has 2 nitrogen and oxygen atoms in total. The van der Waals surface area contributed by atoms with E-state index in [-0.39, 0.29) is 10.1 Å². The minimum Gasteiger partial charge on any atom is -0.417 e. The van der Waals surface area contributed by atoms with E-state index >= 15 is 0 Å². The molecule has 0 aromatic heterocycles. The highest BCUT2D eigenvalue weighted by molar-refractivity contribution is 6.74. The third kappa shape index (κ3) is 6.14. The first-order valence-corrected chi connectivity index (χ1v) is 21.9. The summed E-state index contributed by atoms with van der Waals surface area (Å²) < 4.78 is 14.1. The predicted octanol–water partition coefficient (Wildman–Crippen LogP) is 10.7. The molecule has 0 aromatic rings. The number of hydrogen-bond acceptors (Lipinski definition) is 2. The third-order valence-electron chi connectivity index (χ3n) is 13.3. The smallest absolute Gasteiger partial charge is 0.191 e. The van der Waals surface area contributed by atoms with Gasteiger partial charge in [0.05, 0.1) is 0 Å². The van der Waals surface area contributed by atoms with Crippen LogP contribution < -0.4 is 0 Å². The van der Waals surface area contributed by atoms with E-state index in [4.69, 9.17) is 8.85 Å². The summed E-state index contributed by atoms with van der Waals surface area (Å²) >= 11 is 0. The van der Waals surface area contributed by atoms with Gasteiger partial charge in [0.15, 0.2) is 16.6 Å². The van der Waals surface area contributed by atoms with Crippen LogP contribution in [0.2, 0.25) is 36.3 Å². The van der Waals surface area contributed by atoms with Crippen LogP contribution in [0.25, 0.3) is 0 Å². The van der Waals surface area contributed by atoms with E-state index in [1.807, 2.05) is 0 Å². The van der Waals surface area contributed by atoms with E-state index in [2.05, 4.69) is 101 Å². The fourth-order valence-corrected chi connectivity index (χ4v) is 10.3. The van der Waals surface area contributed by atoms with E-state index in [1.54, 1.807) is 0 Å². The average Bonchev–Trinajstić information content (AvgIpc) is 3.13. The van der Waals surface area contributed by atoms with Crippen LogP contribution in [0.4, 0.5) is 0 Å². The molecule has 8 atom stereocenters. The van der Waals surface area contributed by atoms with E-state index in [1.165, 1.54) is 44.9 Å². The highest BCUT2D eigenvalue weighted by Crippen LogP contribution is 2.64. The Kier molecular flexibility index (Phi) is 9.49. The van der Waals surface area contributed by atoms with Crippen LogP contribution in [0, 0.1) is 46.3 Å². The van der Waals surface area contributed by atoms with Gasteiger partial charge < -0.3 is 8.85 Å². The third-order valence-corrected chi connectivity index (χ3v) is 22.3. The quantitative estimate of drug-likeness (QED) is 0.216. The topological polar surface area (TPSA) is 18.5 Å². The Labute approximate surface area is 240 Å². The first-order valence-electron chi connectivity index (χ1n) is 16.1. The van der Waals surface area contributed by atoms with Crippen LogP contribution in [0.3, 0.4) is 0 Å². The summed E-state index contributed by atoms with van der Waals surface area (Å²) in [5.74, 6) is 4.27. The molecule has 0 bridgehead atoms. The Bertz CT molecular complexity index is 821. The van der Waals surface area contributed by atoms with Gasteiger partial charge in [-0.15, -0.1) is 6.58 Å². The van der Waals surface area contributed by atoms with Gasteiger partial charge in [-0.3, -0.25) is 0 Å². The van der Waals surface area contributed by atoms with Crippen LogP contribution in [0.15, 0.2) is 12.7 Å². The van der Waals surface area contributed by atoms with Crippen molar-refractivity contribution in [3.63, 3.8) is 0 Å². The molecule has 0 spiro atoms. The number of fused-ring (bicyclic) bond motifs is 1. The Morgan fingerprint density at radius 2 is 1.26 bits per heavy atom. The van der Waals surface area contributed by atoms with E-state index in [0.29, 0.717) is 28.6 Å². The Hall–Kier alpha value is 0.0938. The summed E-state index contributed by atoms with van der Waals surface area (Å²) in [5, 5.41) is 0.517. The van der Waals surface area contributed by atoms with Crippen molar-refractivity contribution in [3.05, 3.63) is 12.7 Å². The molecule has 3 aliphatic rings. The van der Waals surface area contributed by atoms with Gasteiger partial charge in [0.1, 0.15) is 0 Å². The maximum atomic E-state index is 7.13. The first kappa shape index (κ1) is 32.6. The van der Waals surface area contributed by atoms with E-state index < -0.39 is 16.6 Å². The minimum absolute atomic E-state index is 0.253. The van der Waals surface area contributed by atoms with Gasteiger partial charge >= 0.3 is 0 Å². The molecule has 3 fully saturated rings. The summed E-state index contributed by atoms with van der Waals surface area (Å²) in [6, 6.07) is 0. The Morgan fingerprint density at radius 1 is 0.763 bits per heavy atom. The van der Waals surface area contributed by atoms with Crippen LogP contribution in [0.5, 0.6) is 0 Å². The second-order valence-corrected chi connectivity index (χ2v) is 27.2. The Balaban J connectivity index is 1.95. The van der Waals surface area contributed by atoms with Crippen molar-refractivity contribution in [2.75, 3.05) is 13.2 Å². The molecule has 0 heterocycles. The van der Waals surface area contributed by atoms with Crippen LogP contribution in [-0.2, 0) is 8.85 Å². The van der Waals surface area contributed by atoms with Crippen molar-refractivity contribution in [3.8, 4) is 0 Å². The van der Waals surface area contributed by atoms with Gasteiger partial charge in [-0.1, -0.05) is 74.8 Å². The van der Waals surface area contributed by atoms with E-state index in [9.17, 15) is 0 Å². The van der Waals surface area contributed by atoms with Crippen molar-refractivity contribution in [1.82, 2.24) is 0 Å². The lowest BCUT2D eigenvalue weighted by Crippen LogP contribution is -2.54. The lowest BCUT2D eigenvalue weighted by molar-refractivity contribution is -0.0995. The highest BCUT2D eigenvalue weighted by atomic mass is 28.4. The standard InChI is InChI=1S/C34H66O2Si2/c1-15-26-16-17-29-28(24-36-38(13,14)32(6,7)8)30(19-21-33(26,29)9)34(10)20-18-25(2)22-27(34)23-35-37(11,12)31(3,4)5/h15,25-30H,1,16-24H2,2-14H3/t25-,26?,27+,28-,29?,30?,33+,34-/m0/s1. The lowest BCUT2D eigenvalue weighted by Gasteiger charge is -2.58. The molecule has 0 saturated heterocycles. The second kappa shape index (κ2) is 11.1. The van der Waals surface area contributed by atoms with Gasteiger partial charge in [0.2, 0.25) is 0 Å². The summed E-state index contributed by atoms with van der Waals surface area (Å²) in [4.78, 5) is 0. The summed E-state index contributed by atoms with van der Waals surface area (Å²) in [5.41, 5.74) is 0.731. The molecule has 0 aromatic carbocycles. The van der Waals surface area contributed by atoms with Gasteiger partial charge in [-0.2, -0.15) is 0 Å². The van der Waals surface area contributed by atoms with Crippen molar-refractivity contribution in [2.24, 2.45) is 46.3 Å². The SMILES string of the molecule is C=CC1CCC2[C@H](CO[Si](C)(C)C(C)(C)C)C([C@@]3(C)CC[C@H](C)C[C@@H]3CO[Si](C)(C)C(C)(C)C)CC[C@]12C. The number of rotatable bonds is 8.